The molecule has 0 aliphatic rings. The van der Waals surface area contributed by atoms with Crippen molar-refractivity contribution in [3.63, 3.8) is 0 Å². The van der Waals surface area contributed by atoms with E-state index in [1.54, 1.807) is 0 Å². The van der Waals surface area contributed by atoms with Crippen LogP contribution in [-0.4, -0.2) is 20.1 Å². The Morgan fingerprint density at radius 2 is 0.867 bits per heavy atom. The number of guanidine groups is 1. The molecule has 3 nitrogen and oxygen atoms in total. The van der Waals surface area contributed by atoms with E-state index in [1.165, 1.54) is 11.1 Å². The Kier molecular flexibility index (Phi) is 5.62. The van der Waals surface area contributed by atoms with Crippen molar-refractivity contribution in [2.45, 2.75) is 0 Å². The van der Waals surface area contributed by atoms with Gasteiger partial charge in [0.05, 0.1) is 0 Å². The van der Waals surface area contributed by atoms with Crippen molar-refractivity contribution >= 4 is 17.3 Å². The Labute approximate surface area is 178 Å². The van der Waals surface area contributed by atoms with Crippen LogP contribution in [0.15, 0.2) is 109 Å². The van der Waals surface area contributed by atoms with Gasteiger partial charge in [0, 0.05) is 25.5 Å². The summed E-state index contributed by atoms with van der Waals surface area (Å²) < 4.78 is 0. The zero-order valence-electron chi connectivity index (χ0n) is 17.3. The molecule has 0 saturated heterocycles. The van der Waals surface area contributed by atoms with Gasteiger partial charge >= 0.3 is 0 Å². The summed E-state index contributed by atoms with van der Waals surface area (Å²) in [6, 6.07) is 37.2. The van der Waals surface area contributed by atoms with Crippen LogP contribution >= 0.6 is 0 Å². The number of anilines is 2. The molecule has 0 heterocycles. The lowest BCUT2D eigenvalue weighted by atomic mass is 10.0. The van der Waals surface area contributed by atoms with Gasteiger partial charge in [-0.1, -0.05) is 84.9 Å². The molecule has 148 valence electrons. The van der Waals surface area contributed by atoms with Gasteiger partial charge in [-0.2, -0.15) is 0 Å². The van der Waals surface area contributed by atoms with E-state index in [-0.39, 0.29) is 0 Å². The minimum Gasteiger partial charge on any atom is -0.316 e. The molecule has 0 aliphatic carbocycles. The predicted octanol–water partition coefficient (Wildman–Crippen LogP) is 6.53. The third-order valence-electron chi connectivity index (χ3n) is 5.32. The highest BCUT2D eigenvalue weighted by molar-refractivity contribution is 6.05. The quantitative estimate of drug-likeness (QED) is 0.317. The molecule has 0 amide bonds. The highest BCUT2D eigenvalue weighted by Crippen LogP contribution is 2.27. The van der Waals surface area contributed by atoms with Crippen molar-refractivity contribution in [2.75, 3.05) is 23.9 Å². The van der Waals surface area contributed by atoms with Crippen LogP contribution in [0.2, 0.25) is 0 Å². The normalized spacial score (nSPS) is 10.5. The van der Waals surface area contributed by atoms with E-state index in [1.807, 2.05) is 84.6 Å². The first-order valence-corrected chi connectivity index (χ1v) is 10.0. The van der Waals surface area contributed by atoms with Gasteiger partial charge in [0.25, 0.3) is 0 Å². The van der Waals surface area contributed by atoms with E-state index in [4.69, 9.17) is 5.41 Å². The summed E-state index contributed by atoms with van der Waals surface area (Å²) in [5.41, 5.74) is 6.58. The van der Waals surface area contributed by atoms with Gasteiger partial charge in [-0.3, -0.25) is 5.41 Å². The fraction of sp³-hybridized carbons (Fsp3) is 0.0741. The number of hydrogen-bond donors (Lipinski definition) is 1. The van der Waals surface area contributed by atoms with Crippen LogP contribution in [0.1, 0.15) is 0 Å². The molecule has 0 unspecified atom stereocenters. The van der Waals surface area contributed by atoms with E-state index in [0.717, 1.165) is 22.5 Å². The maximum absolute atomic E-state index is 8.78. The van der Waals surface area contributed by atoms with Gasteiger partial charge in [-0.15, -0.1) is 0 Å². The van der Waals surface area contributed by atoms with Gasteiger partial charge in [0.1, 0.15) is 0 Å². The Morgan fingerprint density at radius 3 is 1.27 bits per heavy atom. The second kappa shape index (κ2) is 8.66. The Morgan fingerprint density at radius 1 is 0.500 bits per heavy atom. The van der Waals surface area contributed by atoms with Crippen LogP contribution in [-0.2, 0) is 0 Å². The number of rotatable bonds is 4. The molecule has 30 heavy (non-hydrogen) atoms. The first-order valence-electron chi connectivity index (χ1n) is 10.0. The second-order valence-electron chi connectivity index (χ2n) is 7.27. The Bertz CT molecular complexity index is 1050. The second-order valence-corrected chi connectivity index (χ2v) is 7.27. The molecule has 4 rings (SSSR count). The van der Waals surface area contributed by atoms with Gasteiger partial charge in [-0.05, 0) is 46.5 Å². The monoisotopic (exact) mass is 391 g/mol. The fourth-order valence-corrected chi connectivity index (χ4v) is 3.52. The van der Waals surface area contributed by atoms with E-state index < -0.39 is 0 Å². The van der Waals surface area contributed by atoms with Crippen LogP contribution in [0.5, 0.6) is 0 Å². The summed E-state index contributed by atoms with van der Waals surface area (Å²) in [5.74, 6) is 0.408. The van der Waals surface area contributed by atoms with Crippen LogP contribution < -0.4 is 9.80 Å². The molecule has 0 radical (unpaired) electrons. The van der Waals surface area contributed by atoms with E-state index >= 15 is 0 Å². The average Bonchev–Trinajstić information content (AvgIpc) is 2.84. The maximum Gasteiger partial charge on any atom is 0.202 e. The largest absolute Gasteiger partial charge is 0.316 e. The van der Waals surface area contributed by atoms with Crippen molar-refractivity contribution in [1.82, 2.24) is 0 Å². The van der Waals surface area contributed by atoms with Crippen molar-refractivity contribution in [1.29, 1.82) is 5.41 Å². The number of nitrogens with zero attached hydrogens (tertiary/aromatic N) is 2. The van der Waals surface area contributed by atoms with Gasteiger partial charge < -0.3 is 9.80 Å². The maximum atomic E-state index is 8.78. The van der Waals surface area contributed by atoms with Crippen LogP contribution in [0.3, 0.4) is 0 Å². The molecule has 4 aromatic rings. The van der Waals surface area contributed by atoms with Crippen LogP contribution in [0, 0.1) is 5.41 Å². The summed E-state index contributed by atoms with van der Waals surface area (Å²) >= 11 is 0. The van der Waals surface area contributed by atoms with E-state index in [9.17, 15) is 0 Å². The van der Waals surface area contributed by atoms with E-state index in [2.05, 4.69) is 48.5 Å². The number of benzene rings is 4. The lowest BCUT2D eigenvalue weighted by Gasteiger charge is -2.28. The summed E-state index contributed by atoms with van der Waals surface area (Å²) in [6.45, 7) is 0. The summed E-state index contributed by atoms with van der Waals surface area (Å²) in [4.78, 5) is 3.81. The molecule has 0 spiro atoms. The lowest BCUT2D eigenvalue weighted by molar-refractivity contribution is 1.12. The average molecular weight is 392 g/mol. The molecule has 1 N–H and O–H groups in total. The Hall–Kier alpha value is -3.85. The van der Waals surface area contributed by atoms with Crippen molar-refractivity contribution < 1.29 is 0 Å². The molecular formula is C27H25N3. The van der Waals surface area contributed by atoms with Gasteiger partial charge in [0.2, 0.25) is 5.96 Å². The third-order valence-corrected chi connectivity index (χ3v) is 5.32. The standard InChI is InChI=1S/C27H25N3/c1-29(25-17-9-15-23(19-25)21-11-5-3-6-12-21)27(28)30(2)26-18-10-16-24(20-26)22-13-7-4-8-14-22/h3-20,28H,1-2H3. The van der Waals surface area contributed by atoms with Crippen LogP contribution in [0.4, 0.5) is 11.4 Å². The van der Waals surface area contributed by atoms with Crippen molar-refractivity contribution in [3.05, 3.63) is 109 Å². The zero-order valence-corrected chi connectivity index (χ0v) is 17.3. The minimum atomic E-state index is 0.408. The molecule has 0 aromatic heterocycles. The first kappa shape index (κ1) is 19.5. The molecule has 0 saturated carbocycles. The predicted molar refractivity (Wildman–Crippen MR) is 128 cm³/mol. The third kappa shape index (κ3) is 4.11. The molecule has 0 bridgehead atoms. The van der Waals surface area contributed by atoms with Crippen molar-refractivity contribution in [3.8, 4) is 22.3 Å². The van der Waals surface area contributed by atoms with Crippen LogP contribution in [0.25, 0.3) is 22.3 Å². The highest BCUT2D eigenvalue weighted by Gasteiger charge is 2.15. The van der Waals surface area contributed by atoms with Gasteiger partial charge in [0.15, 0.2) is 0 Å². The van der Waals surface area contributed by atoms with E-state index in [0.29, 0.717) is 5.96 Å². The summed E-state index contributed by atoms with van der Waals surface area (Å²) in [6.07, 6.45) is 0. The molecule has 3 heteroatoms. The summed E-state index contributed by atoms with van der Waals surface area (Å²) in [5, 5.41) is 8.78. The fourth-order valence-electron chi connectivity index (χ4n) is 3.52. The molecule has 0 fully saturated rings. The number of hydrogen-bond acceptors (Lipinski definition) is 1. The van der Waals surface area contributed by atoms with Crippen molar-refractivity contribution in [2.24, 2.45) is 0 Å². The summed E-state index contributed by atoms with van der Waals surface area (Å²) in [7, 11) is 3.87. The Balaban J connectivity index is 1.58. The highest BCUT2D eigenvalue weighted by atomic mass is 15.3. The molecule has 4 aromatic carbocycles. The SMILES string of the molecule is CN(C(=N)N(C)c1cccc(-c2ccccc2)c1)c1cccc(-c2ccccc2)c1. The number of nitrogens with one attached hydrogen (secondary N) is 1. The topological polar surface area (TPSA) is 30.3 Å². The first-order chi connectivity index (χ1) is 14.6. The molecule has 0 aliphatic heterocycles. The lowest BCUT2D eigenvalue weighted by Crippen LogP contribution is -2.39. The molecule has 0 atom stereocenters. The zero-order chi connectivity index (χ0) is 20.9. The van der Waals surface area contributed by atoms with Gasteiger partial charge in [-0.25, -0.2) is 0 Å². The molecular weight excluding hydrogens is 366 g/mol. The minimum absolute atomic E-state index is 0.408. The smallest absolute Gasteiger partial charge is 0.202 e.